The van der Waals surface area contributed by atoms with Crippen LogP contribution in [0.2, 0.25) is 0 Å². The highest BCUT2D eigenvalue weighted by Gasteiger charge is 2.27. The number of carbonyl (C=O) groups is 1. The predicted octanol–water partition coefficient (Wildman–Crippen LogP) is 3.37. The monoisotopic (exact) mass is 379 g/mol. The highest BCUT2D eigenvalue weighted by molar-refractivity contribution is 7.89. The minimum atomic E-state index is -3.73. The molecular formula is C17H21N3O3S2. The smallest absolute Gasteiger partial charge is 0.317 e. The highest BCUT2D eigenvalue weighted by Crippen LogP contribution is 2.26. The molecule has 0 spiro atoms. The molecule has 1 aliphatic carbocycles. The Morgan fingerprint density at radius 3 is 2.44 bits per heavy atom. The average molecular weight is 380 g/mol. The minimum absolute atomic E-state index is 0.0245. The van der Waals surface area contributed by atoms with Gasteiger partial charge in [0, 0.05) is 18.3 Å². The van der Waals surface area contributed by atoms with Gasteiger partial charge in [-0.2, -0.15) is 11.3 Å². The standard InChI is InChI=1S/C17H21N3O3S2/c18-25(22,23)16-7-5-14(6-8-16)19-17(21)20(15-3-1-2-4-15)11-13-9-10-24-12-13/h5-10,12,15H,1-4,11H2,(H,19,21)(H2,18,22,23). The van der Waals surface area contributed by atoms with E-state index in [1.54, 1.807) is 23.5 Å². The van der Waals surface area contributed by atoms with Crippen LogP contribution >= 0.6 is 11.3 Å². The van der Waals surface area contributed by atoms with Crippen LogP contribution in [0.5, 0.6) is 0 Å². The van der Waals surface area contributed by atoms with Crippen LogP contribution in [0, 0.1) is 0 Å². The Balaban J connectivity index is 1.73. The number of sulfonamides is 1. The van der Waals surface area contributed by atoms with Gasteiger partial charge in [-0.15, -0.1) is 0 Å². The molecule has 3 N–H and O–H groups in total. The zero-order chi connectivity index (χ0) is 17.9. The summed E-state index contributed by atoms with van der Waals surface area (Å²) in [6.45, 7) is 0.579. The maximum Gasteiger partial charge on any atom is 0.322 e. The van der Waals surface area contributed by atoms with Gasteiger partial charge in [0.25, 0.3) is 0 Å². The van der Waals surface area contributed by atoms with Crippen LogP contribution in [0.4, 0.5) is 10.5 Å². The van der Waals surface area contributed by atoms with E-state index in [0.717, 1.165) is 31.2 Å². The first kappa shape index (κ1) is 17.9. The van der Waals surface area contributed by atoms with Crippen LogP contribution < -0.4 is 10.5 Å². The van der Waals surface area contributed by atoms with E-state index in [4.69, 9.17) is 5.14 Å². The van der Waals surface area contributed by atoms with Gasteiger partial charge in [-0.3, -0.25) is 0 Å². The molecule has 1 fully saturated rings. The van der Waals surface area contributed by atoms with Gasteiger partial charge in [-0.25, -0.2) is 18.4 Å². The van der Waals surface area contributed by atoms with Crippen LogP contribution in [-0.4, -0.2) is 25.4 Å². The van der Waals surface area contributed by atoms with E-state index in [1.165, 1.54) is 12.1 Å². The third kappa shape index (κ3) is 4.59. The molecule has 6 nitrogen and oxygen atoms in total. The average Bonchev–Trinajstić information content (AvgIpc) is 3.26. The van der Waals surface area contributed by atoms with Crippen molar-refractivity contribution in [2.75, 3.05) is 5.32 Å². The van der Waals surface area contributed by atoms with Crippen LogP contribution in [0.3, 0.4) is 0 Å². The van der Waals surface area contributed by atoms with Gasteiger partial charge in [0.2, 0.25) is 10.0 Å². The summed E-state index contributed by atoms with van der Waals surface area (Å²) in [5.74, 6) is 0. The zero-order valence-corrected chi connectivity index (χ0v) is 15.4. The summed E-state index contributed by atoms with van der Waals surface area (Å²) in [7, 11) is -3.73. The fourth-order valence-corrected chi connectivity index (χ4v) is 4.26. The van der Waals surface area contributed by atoms with E-state index >= 15 is 0 Å². The molecule has 1 heterocycles. The van der Waals surface area contributed by atoms with E-state index < -0.39 is 10.0 Å². The molecule has 0 radical (unpaired) electrons. The molecule has 134 valence electrons. The summed E-state index contributed by atoms with van der Waals surface area (Å²) in [4.78, 5) is 14.7. The van der Waals surface area contributed by atoms with Crippen LogP contribution in [0.15, 0.2) is 46.0 Å². The Labute approximate surface area is 151 Å². The SMILES string of the molecule is NS(=O)(=O)c1ccc(NC(=O)N(Cc2ccsc2)C2CCCC2)cc1. The minimum Gasteiger partial charge on any atom is -0.317 e. The van der Waals surface area contributed by atoms with Crippen molar-refractivity contribution in [3.63, 3.8) is 0 Å². The van der Waals surface area contributed by atoms with Crippen molar-refractivity contribution in [1.29, 1.82) is 0 Å². The molecule has 0 aliphatic heterocycles. The van der Waals surface area contributed by atoms with Gasteiger partial charge in [-0.1, -0.05) is 12.8 Å². The first-order valence-electron chi connectivity index (χ1n) is 8.15. The number of urea groups is 1. The summed E-state index contributed by atoms with van der Waals surface area (Å²) in [5.41, 5.74) is 1.67. The number of nitrogens with zero attached hydrogens (tertiary/aromatic N) is 1. The second-order valence-corrected chi connectivity index (χ2v) is 8.54. The molecule has 0 unspecified atom stereocenters. The molecule has 1 saturated carbocycles. The Bertz CT molecular complexity index is 811. The number of rotatable bonds is 5. The second-order valence-electron chi connectivity index (χ2n) is 6.20. The van der Waals surface area contributed by atoms with Crippen molar-refractivity contribution < 1.29 is 13.2 Å². The van der Waals surface area contributed by atoms with Gasteiger partial charge >= 0.3 is 6.03 Å². The van der Waals surface area contributed by atoms with E-state index in [0.29, 0.717) is 12.2 Å². The third-order valence-corrected chi connectivity index (χ3v) is 6.05. The Kier molecular flexibility index (Phi) is 5.41. The number of amides is 2. The predicted molar refractivity (Wildman–Crippen MR) is 99.0 cm³/mol. The van der Waals surface area contributed by atoms with Crippen molar-refractivity contribution >= 4 is 33.1 Å². The molecule has 0 bridgehead atoms. The number of thiophene rings is 1. The van der Waals surface area contributed by atoms with Crippen molar-refractivity contribution in [1.82, 2.24) is 4.90 Å². The van der Waals surface area contributed by atoms with Crippen molar-refractivity contribution in [3.8, 4) is 0 Å². The number of carbonyl (C=O) groups excluding carboxylic acids is 1. The number of anilines is 1. The molecule has 2 amide bonds. The molecule has 1 aromatic heterocycles. The molecule has 8 heteroatoms. The molecule has 0 saturated heterocycles. The number of primary sulfonamides is 1. The molecule has 1 aromatic carbocycles. The number of hydrogen-bond donors (Lipinski definition) is 2. The van der Waals surface area contributed by atoms with E-state index in [-0.39, 0.29) is 17.0 Å². The van der Waals surface area contributed by atoms with Crippen LogP contribution in [0.1, 0.15) is 31.2 Å². The fraction of sp³-hybridized carbons (Fsp3) is 0.353. The number of nitrogens with two attached hydrogens (primary N) is 1. The molecule has 25 heavy (non-hydrogen) atoms. The molecular weight excluding hydrogens is 358 g/mol. The summed E-state index contributed by atoms with van der Waals surface area (Å²) in [6, 6.07) is 7.99. The highest BCUT2D eigenvalue weighted by atomic mass is 32.2. The Morgan fingerprint density at radius 2 is 1.88 bits per heavy atom. The number of nitrogens with one attached hydrogen (secondary N) is 1. The largest absolute Gasteiger partial charge is 0.322 e. The van der Waals surface area contributed by atoms with E-state index in [2.05, 4.69) is 10.7 Å². The second kappa shape index (κ2) is 7.55. The number of benzene rings is 1. The lowest BCUT2D eigenvalue weighted by Gasteiger charge is -2.29. The van der Waals surface area contributed by atoms with Gasteiger partial charge in [0.1, 0.15) is 0 Å². The third-order valence-electron chi connectivity index (χ3n) is 4.39. The Morgan fingerprint density at radius 1 is 1.20 bits per heavy atom. The number of hydrogen-bond acceptors (Lipinski definition) is 4. The van der Waals surface area contributed by atoms with Crippen molar-refractivity contribution in [2.45, 2.75) is 43.2 Å². The normalized spacial score (nSPS) is 15.2. The van der Waals surface area contributed by atoms with Gasteiger partial charge < -0.3 is 10.2 Å². The lowest BCUT2D eigenvalue weighted by Crippen LogP contribution is -2.41. The first-order valence-corrected chi connectivity index (χ1v) is 10.6. The molecule has 1 aliphatic rings. The summed E-state index contributed by atoms with van der Waals surface area (Å²) >= 11 is 1.62. The zero-order valence-electron chi connectivity index (χ0n) is 13.7. The van der Waals surface area contributed by atoms with Gasteiger partial charge in [0.15, 0.2) is 0 Å². The summed E-state index contributed by atoms with van der Waals surface area (Å²) in [6.07, 6.45) is 4.31. The van der Waals surface area contributed by atoms with Crippen molar-refractivity contribution in [3.05, 3.63) is 46.7 Å². The maximum atomic E-state index is 12.8. The summed E-state index contributed by atoms with van der Waals surface area (Å²) in [5, 5.41) is 12.0. The van der Waals surface area contributed by atoms with Crippen LogP contribution in [-0.2, 0) is 16.6 Å². The quantitative estimate of drug-likeness (QED) is 0.834. The topological polar surface area (TPSA) is 92.5 Å². The molecule has 0 atom stereocenters. The Hall–Kier alpha value is -1.90. The van der Waals surface area contributed by atoms with Gasteiger partial charge in [0.05, 0.1) is 4.90 Å². The van der Waals surface area contributed by atoms with E-state index in [1.807, 2.05) is 16.3 Å². The fourth-order valence-electron chi connectivity index (χ4n) is 3.09. The lowest BCUT2D eigenvalue weighted by atomic mass is 10.2. The van der Waals surface area contributed by atoms with Crippen LogP contribution in [0.25, 0.3) is 0 Å². The lowest BCUT2D eigenvalue weighted by molar-refractivity contribution is 0.185. The van der Waals surface area contributed by atoms with Crippen molar-refractivity contribution in [2.24, 2.45) is 5.14 Å². The molecule has 2 aromatic rings. The maximum absolute atomic E-state index is 12.8. The summed E-state index contributed by atoms with van der Waals surface area (Å²) < 4.78 is 22.6. The molecule has 3 rings (SSSR count). The van der Waals surface area contributed by atoms with E-state index in [9.17, 15) is 13.2 Å². The first-order chi connectivity index (χ1) is 11.9. The van der Waals surface area contributed by atoms with Gasteiger partial charge in [-0.05, 0) is 59.5 Å².